The lowest BCUT2D eigenvalue weighted by atomic mass is 10.2. The Balaban J connectivity index is 1.53. The van der Waals surface area contributed by atoms with E-state index in [-0.39, 0.29) is 17.5 Å². The highest BCUT2D eigenvalue weighted by molar-refractivity contribution is 7.98. The van der Waals surface area contributed by atoms with Gasteiger partial charge in [0.1, 0.15) is 5.03 Å². The molecule has 0 N–H and O–H groups in total. The number of thioether (sulfide) groups is 1. The summed E-state index contributed by atoms with van der Waals surface area (Å²) in [5.41, 5.74) is 3.15. The molecule has 7 nitrogen and oxygen atoms in total. The van der Waals surface area contributed by atoms with Gasteiger partial charge in [-0.2, -0.15) is 4.98 Å². The minimum atomic E-state index is -0.404. The molecule has 1 aliphatic carbocycles. The summed E-state index contributed by atoms with van der Waals surface area (Å²) in [6.07, 6.45) is 5.06. The van der Waals surface area contributed by atoms with Gasteiger partial charge in [0.15, 0.2) is 0 Å². The van der Waals surface area contributed by atoms with Crippen molar-refractivity contribution in [3.63, 3.8) is 0 Å². The Morgan fingerprint density at radius 2 is 2.07 bits per heavy atom. The fourth-order valence-corrected chi connectivity index (χ4v) is 4.78. The van der Waals surface area contributed by atoms with Gasteiger partial charge >= 0.3 is 5.69 Å². The monoisotopic (exact) mass is 387 g/mol. The number of aromatic nitrogens is 2. The van der Waals surface area contributed by atoms with Gasteiger partial charge in [0.05, 0.1) is 17.6 Å². The molecule has 2 aromatic rings. The van der Waals surface area contributed by atoms with Gasteiger partial charge in [-0.25, -0.2) is 4.79 Å². The van der Waals surface area contributed by atoms with Crippen LogP contribution in [0.4, 0.5) is 5.69 Å². The number of fused-ring (bicyclic) bond motifs is 1. The average Bonchev–Trinajstić information content (AvgIpc) is 3.34. The predicted octanol–water partition coefficient (Wildman–Crippen LogP) is 3.11. The molecule has 1 aliphatic heterocycles. The van der Waals surface area contributed by atoms with Crippen molar-refractivity contribution in [3.05, 3.63) is 61.7 Å². The molecule has 0 spiro atoms. The summed E-state index contributed by atoms with van der Waals surface area (Å²) in [7, 11) is 0. The molecule has 0 saturated carbocycles. The van der Waals surface area contributed by atoms with Crippen LogP contribution in [-0.2, 0) is 29.9 Å². The van der Waals surface area contributed by atoms with Gasteiger partial charge in [0, 0.05) is 35.7 Å². The van der Waals surface area contributed by atoms with Crippen LogP contribution in [0.25, 0.3) is 0 Å². The highest BCUT2D eigenvalue weighted by Gasteiger charge is 2.25. The van der Waals surface area contributed by atoms with Crippen LogP contribution in [0.1, 0.15) is 36.1 Å². The van der Waals surface area contributed by atoms with Gasteiger partial charge in [0.25, 0.3) is 5.69 Å². The van der Waals surface area contributed by atoms with Crippen LogP contribution in [-0.4, -0.2) is 27.2 Å². The van der Waals surface area contributed by atoms with E-state index in [2.05, 4.69) is 4.98 Å². The quantitative estimate of drug-likeness (QED) is 0.328. The zero-order valence-electron chi connectivity index (χ0n) is 14.9. The van der Waals surface area contributed by atoms with Crippen molar-refractivity contribution < 1.29 is 9.66 Å². The van der Waals surface area contributed by atoms with Crippen LogP contribution < -0.4 is 5.69 Å². The van der Waals surface area contributed by atoms with Crippen LogP contribution in [0.15, 0.2) is 34.1 Å². The number of ether oxygens (including phenoxy) is 1. The van der Waals surface area contributed by atoms with Crippen molar-refractivity contribution in [1.29, 1.82) is 0 Å². The van der Waals surface area contributed by atoms with Crippen molar-refractivity contribution >= 4 is 17.4 Å². The lowest BCUT2D eigenvalue weighted by Gasteiger charge is -2.17. The van der Waals surface area contributed by atoms with E-state index >= 15 is 0 Å². The summed E-state index contributed by atoms with van der Waals surface area (Å²) in [5, 5.41) is 11.6. The Kier molecular flexibility index (Phi) is 5.27. The number of hydrogen-bond acceptors (Lipinski definition) is 6. The second-order valence-electron chi connectivity index (χ2n) is 6.94. The molecule has 0 radical (unpaired) electrons. The molecule has 1 aromatic carbocycles. The Bertz CT molecular complexity index is 904. The third kappa shape index (κ3) is 3.91. The van der Waals surface area contributed by atoms with Gasteiger partial charge in [-0.1, -0.05) is 12.1 Å². The van der Waals surface area contributed by atoms with Gasteiger partial charge < -0.3 is 4.74 Å². The molecule has 1 atom stereocenters. The van der Waals surface area contributed by atoms with Crippen LogP contribution in [0.5, 0.6) is 0 Å². The van der Waals surface area contributed by atoms with E-state index in [0.29, 0.717) is 12.3 Å². The summed E-state index contributed by atoms with van der Waals surface area (Å²) >= 11 is 1.53. The fourth-order valence-electron chi connectivity index (χ4n) is 3.75. The summed E-state index contributed by atoms with van der Waals surface area (Å²) < 4.78 is 7.51. The van der Waals surface area contributed by atoms with E-state index in [1.54, 1.807) is 12.1 Å². The molecule has 27 heavy (non-hydrogen) atoms. The van der Waals surface area contributed by atoms with Crippen molar-refractivity contribution in [2.75, 3.05) is 6.61 Å². The van der Waals surface area contributed by atoms with E-state index in [1.807, 2.05) is 4.57 Å². The van der Waals surface area contributed by atoms with Gasteiger partial charge in [0.2, 0.25) is 0 Å². The van der Waals surface area contributed by atoms with Crippen molar-refractivity contribution in [3.8, 4) is 0 Å². The number of nitrogens with zero attached hydrogens (tertiary/aromatic N) is 3. The minimum absolute atomic E-state index is 0.0829. The Morgan fingerprint density at radius 3 is 2.78 bits per heavy atom. The number of nitro benzene ring substituents is 1. The third-order valence-electron chi connectivity index (χ3n) is 5.13. The molecule has 1 unspecified atom stereocenters. The Hall–Kier alpha value is -2.19. The molecular formula is C19H21N3O4S. The number of nitro groups is 1. The lowest BCUT2D eigenvalue weighted by molar-refractivity contribution is -0.384. The second-order valence-corrected chi connectivity index (χ2v) is 7.90. The molecule has 2 heterocycles. The van der Waals surface area contributed by atoms with Crippen molar-refractivity contribution in [1.82, 2.24) is 9.55 Å². The van der Waals surface area contributed by atoms with Crippen LogP contribution in [0, 0.1) is 10.1 Å². The summed E-state index contributed by atoms with van der Waals surface area (Å²) in [6, 6.07) is 6.52. The smallest absolute Gasteiger partial charge is 0.348 e. The summed E-state index contributed by atoms with van der Waals surface area (Å²) in [6.45, 7) is 1.37. The molecule has 142 valence electrons. The average molecular weight is 387 g/mol. The first kappa shape index (κ1) is 18.2. The summed E-state index contributed by atoms with van der Waals surface area (Å²) in [4.78, 5) is 27.3. The fraction of sp³-hybridized carbons (Fsp3) is 0.474. The topological polar surface area (TPSA) is 87.3 Å². The van der Waals surface area contributed by atoms with Crippen LogP contribution >= 0.6 is 11.8 Å². The lowest BCUT2D eigenvalue weighted by Crippen LogP contribution is -2.31. The van der Waals surface area contributed by atoms with Gasteiger partial charge in [-0.3, -0.25) is 14.7 Å². The molecular weight excluding hydrogens is 366 g/mol. The first-order valence-corrected chi connectivity index (χ1v) is 10.2. The number of benzene rings is 1. The zero-order valence-corrected chi connectivity index (χ0v) is 15.7. The molecule has 1 aromatic heterocycles. The van der Waals surface area contributed by atoms with Crippen molar-refractivity contribution in [2.24, 2.45) is 0 Å². The molecule has 0 amide bonds. The largest absolute Gasteiger partial charge is 0.376 e. The molecule has 4 rings (SSSR count). The van der Waals surface area contributed by atoms with Gasteiger partial charge in [-0.15, -0.1) is 11.8 Å². The molecule has 1 saturated heterocycles. The van der Waals surface area contributed by atoms with E-state index in [4.69, 9.17) is 4.74 Å². The molecule has 0 bridgehead atoms. The molecule has 1 fully saturated rings. The van der Waals surface area contributed by atoms with Gasteiger partial charge in [-0.05, 0) is 37.7 Å². The van der Waals surface area contributed by atoms with E-state index in [9.17, 15) is 14.9 Å². The first-order valence-electron chi connectivity index (χ1n) is 9.22. The Labute approximate surface area is 160 Å². The maximum Gasteiger partial charge on any atom is 0.348 e. The SMILES string of the molecule is O=c1nc(SCc2ccc([N+](=O)[O-])cc2)c2c(n1CC1CCCO1)CCC2. The second kappa shape index (κ2) is 7.82. The maximum atomic E-state index is 12.6. The molecule has 8 heteroatoms. The minimum Gasteiger partial charge on any atom is -0.376 e. The highest BCUT2D eigenvalue weighted by Crippen LogP contribution is 2.31. The van der Waals surface area contributed by atoms with E-state index in [0.717, 1.165) is 55.0 Å². The number of rotatable bonds is 6. The normalized spacial score (nSPS) is 18.6. The standard InChI is InChI=1S/C19H21N3O4S/c23-19-20-18(27-12-13-6-8-14(9-7-13)22(24)25)16-4-1-5-17(16)21(19)11-15-3-2-10-26-15/h6-9,15H,1-5,10-12H2. The number of hydrogen-bond donors (Lipinski definition) is 0. The number of non-ortho nitro benzene ring substituents is 1. The maximum absolute atomic E-state index is 12.6. The Morgan fingerprint density at radius 1 is 1.26 bits per heavy atom. The highest BCUT2D eigenvalue weighted by atomic mass is 32.2. The third-order valence-corrected chi connectivity index (χ3v) is 6.22. The van der Waals surface area contributed by atoms with Crippen LogP contribution in [0.3, 0.4) is 0 Å². The summed E-state index contributed by atoms with van der Waals surface area (Å²) in [5.74, 6) is 0.632. The zero-order chi connectivity index (χ0) is 18.8. The van der Waals surface area contributed by atoms with E-state index < -0.39 is 4.92 Å². The predicted molar refractivity (Wildman–Crippen MR) is 102 cm³/mol. The van der Waals surface area contributed by atoms with E-state index in [1.165, 1.54) is 29.5 Å². The first-order chi connectivity index (χ1) is 13.1. The van der Waals surface area contributed by atoms with Crippen LogP contribution in [0.2, 0.25) is 0 Å². The molecule has 2 aliphatic rings. The van der Waals surface area contributed by atoms with Crippen molar-refractivity contribution in [2.45, 2.75) is 55.5 Å².